The maximum absolute atomic E-state index is 11.0. The number of aliphatic hydroxyl groups is 1. The lowest BCUT2D eigenvalue weighted by Crippen LogP contribution is -2.32. The zero-order chi connectivity index (χ0) is 10.3. The molecule has 13 heavy (non-hydrogen) atoms. The molecule has 0 saturated carbocycles. The monoisotopic (exact) mass is 187 g/mol. The summed E-state index contributed by atoms with van der Waals surface area (Å²) >= 11 is 0. The molecule has 0 aliphatic heterocycles. The topological polar surface area (TPSA) is 66.4 Å². The van der Waals surface area contributed by atoms with Gasteiger partial charge in [-0.05, 0) is 6.42 Å². The molecule has 76 valence electrons. The second-order valence-electron chi connectivity index (χ2n) is 2.94. The maximum atomic E-state index is 11.0. The van der Waals surface area contributed by atoms with Crippen LogP contribution in [0.15, 0.2) is 0 Å². The van der Waals surface area contributed by atoms with Crippen molar-refractivity contribution in [1.29, 1.82) is 0 Å². The number of carbonyl (C=O) groups excluding carboxylic acids is 2. The quantitative estimate of drug-likeness (QED) is 0.585. The first-order valence-electron chi connectivity index (χ1n) is 4.56. The molecule has 0 aromatic rings. The average Bonchev–Trinajstić information content (AvgIpc) is 2.13. The van der Waals surface area contributed by atoms with Crippen molar-refractivity contribution < 1.29 is 14.7 Å². The molecule has 1 amide bonds. The van der Waals surface area contributed by atoms with Gasteiger partial charge >= 0.3 is 0 Å². The predicted octanol–water partition coefficient (Wildman–Crippen LogP) is 0.243. The van der Waals surface area contributed by atoms with Crippen LogP contribution in [0.3, 0.4) is 0 Å². The van der Waals surface area contributed by atoms with Crippen LogP contribution >= 0.6 is 0 Å². The second kappa shape index (κ2) is 6.60. The van der Waals surface area contributed by atoms with Crippen molar-refractivity contribution in [2.24, 2.45) is 0 Å². The summed E-state index contributed by atoms with van der Waals surface area (Å²) in [5.41, 5.74) is 0. The largest absolute Gasteiger partial charge is 0.391 e. The van der Waals surface area contributed by atoms with Crippen molar-refractivity contribution in [3.63, 3.8) is 0 Å². The summed E-state index contributed by atoms with van der Waals surface area (Å²) < 4.78 is 0. The molecule has 4 nitrogen and oxygen atoms in total. The first kappa shape index (κ1) is 12.1. The van der Waals surface area contributed by atoms with Gasteiger partial charge in [0, 0.05) is 13.0 Å². The van der Waals surface area contributed by atoms with Gasteiger partial charge in [-0.25, -0.2) is 0 Å². The molecule has 0 saturated heterocycles. The fourth-order valence-electron chi connectivity index (χ4n) is 0.743. The van der Waals surface area contributed by atoms with E-state index in [1.165, 1.54) is 0 Å². The van der Waals surface area contributed by atoms with Crippen molar-refractivity contribution >= 4 is 11.7 Å². The van der Waals surface area contributed by atoms with Crippen molar-refractivity contribution in [3.05, 3.63) is 0 Å². The van der Waals surface area contributed by atoms with E-state index in [2.05, 4.69) is 5.32 Å². The highest BCUT2D eigenvalue weighted by Crippen LogP contribution is 1.90. The number of Topliss-reactive ketones (excluding diaryl/α,β-unsaturated/α-hetero) is 1. The van der Waals surface area contributed by atoms with Crippen LogP contribution < -0.4 is 5.32 Å². The minimum absolute atomic E-state index is 0.0765. The average molecular weight is 187 g/mol. The van der Waals surface area contributed by atoms with Crippen LogP contribution in [-0.2, 0) is 9.59 Å². The number of hydrogen-bond acceptors (Lipinski definition) is 3. The molecular weight excluding hydrogens is 170 g/mol. The predicted molar refractivity (Wildman–Crippen MR) is 49.2 cm³/mol. The highest BCUT2D eigenvalue weighted by atomic mass is 16.3. The number of nitrogens with one attached hydrogen (secondary N) is 1. The van der Waals surface area contributed by atoms with Gasteiger partial charge in [-0.1, -0.05) is 13.8 Å². The molecule has 2 N–H and O–H groups in total. The smallest absolute Gasteiger partial charge is 0.227 e. The number of amides is 1. The third-order valence-corrected chi connectivity index (χ3v) is 1.76. The van der Waals surface area contributed by atoms with E-state index in [9.17, 15) is 9.59 Å². The molecule has 1 unspecified atom stereocenters. The highest BCUT2D eigenvalue weighted by Gasteiger charge is 2.08. The Labute approximate surface area is 78.3 Å². The van der Waals surface area contributed by atoms with E-state index in [0.717, 1.165) is 0 Å². The Morgan fingerprint density at radius 1 is 1.38 bits per heavy atom. The zero-order valence-electron chi connectivity index (χ0n) is 8.17. The zero-order valence-corrected chi connectivity index (χ0v) is 8.17. The molecule has 0 heterocycles. The molecule has 1 atom stereocenters. The summed E-state index contributed by atoms with van der Waals surface area (Å²) in [4.78, 5) is 21.8. The van der Waals surface area contributed by atoms with Crippen LogP contribution in [0, 0.1) is 0 Å². The van der Waals surface area contributed by atoms with E-state index in [1.807, 2.05) is 6.92 Å². The Kier molecular flexibility index (Phi) is 6.14. The van der Waals surface area contributed by atoms with Gasteiger partial charge in [0.05, 0.1) is 12.5 Å². The lowest BCUT2D eigenvalue weighted by atomic mass is 10.2. The summed E-state index contributed by atoms with van der Waals surface area (Å²) in [6.45, 7) is 3.77. The fraction of sp³-hybridized carbons (Fsp3) is 0.778. The first-order chi connectivity index (χ1) is 6.10. The second-order valence-corrected chi connectivity index (χ2v) is 2.94. The van der Waals surface area contributed by atoms with Gasteiger partial charge < -0.3 is 10.4 Å². The van der Waals surface area contributed by atoms with Gasteiger partial charge in [0.2, 0.25) is 5.91 Å². The van der Waals surface area contributed by atoms with Crippen molar-refractivity contribution in [1.82, 2.24) is 5.32 Å². The van der Waals surface area contributed by atoms with Crippen LogP contribution in [-0.4, -0.2) is 29.4 Å². The normalized spacial score (nSPS) is 12.2. The number of rotatable bonds is 6. The van der Waals surface area contributed by atoms with Crippen LogP contribution in [0.5, 0.6) is 0 Å². The van der Waals surface area contributed by atoms with Crippen molar-refractivity contribution in [3.8, 4) is 0 Å². The molecule has 0 rings (SSSR count). The molecule has 0 fully saturated rings. The van der Waals surface area contributed by atoms with Gasteiger partial charge in [-0.3, -0.25) is 9.59 Å². The molecule has 0 radical (unpaired) electrons. The molecular formula is C9H17NO3. The molecule has 0 aliphatic carbocycles. The molecule has 0 aliphatic rings. The SMILES string of the molecule is CCC(=O)CC(=O)NCC(O)CC. The number of carbonyl (C=O) groups is 2. The first-order valence-corrected chi connectivity index (χ1v) is 4.56. The Morgan fingerprint density at radius 2 is 2.00 bits per heavy atom. The van der Waals surface area contributed by atoms with Crippen molar-refractivity contribution in [2.75, 3.05) is 6.54 Å². The molecule has 0 aromatic carbocycles. The minimum atomic E-state index is -0.513. The van der Waals surface area contributed by atoms with E-state index in [1.54, 1.807) is 6.92 Å². The van der Waals surface area contributed by atoms with Crippen LogP contribution in [0.1, 0.15) is 33.1 Å². The summed E-state index contributed by atoms with van der Waals surface area (Å²) in [5.74, 6) is -0.386. The molecule has 0 spiro atoms. The van der Waals surface area contributed by atoms with E-state index in [0.29, 0.717) is 12.8 Å². The fourth-order valence-corrected chi connectivity index (χ4v) is 0.743. The lowest BCUT2D eigenvalue weighted by molar-refractivity contribution is -0.128. The summed E-state index contributed by atoms with van der Waals surface area (Å²) in [6.07, 6.45) is 0.388. The Morgan fingerprint density at radius 3 is 2.46 bits per heavy atom. The van der Waals surface area contributed by atoms with E-state index in [-0.39, 0.29) is 24.7 Å². The third kappa shape index (κ3) is 6.28. The minimum Gasteiger partial charge on any atom is -0.391 e. The standard InChI is InChI=1S/C9H17NO3/c1-3-7(11)5-9(13)10-6-8(12)4-2/h8,12H,3-6H2,1-2H3,(H,10,13). The van der Waals surface area contributed by atoms with Gasteiger partial charge in [0.1, 0.15) is 5.78 Å². The molecule has 0 bridgehead atoms. The van der Waals surface area contributed by atoms with E-state index < -0.39 is 6.10 Å². The van der Waals surface area contributed by atoms with E-state index >= 15 is 0 Å². The van der Waals surface area contributed by atoms with Gasteiger partial charge in [-0.2, -0.15) is 0 Å². The lowest BCUT2D eigenvalue weighted by Gasteiger charge is -2.08. The Hall–Kier alpha value is -0.900. The van der Waals surface area contributed by atoms with Crippen LogP contribution in [0.4, 0.5) is 0 Å². The Bertz CT molecular complexity index is 180. The summed E-state index contributed by atoms with van der Waals surface area (Å²) in [5, 5.41) is 11.6. The van der Waals surface area contributed by atoms with E-state index in [4.69, 9.17) is 5.11 Å². The molecule has 4 heteroatoms. The number of aliphatic hydroxyl groups excluding tert-OH is 1. The Balaban J connectivity index is 3.57. The maximum Gasteiger partial charge on any atom is 0.227 e. The van der Waals surface area contributed by atoms with Crippen molar-refractivity contribution in [2.45, 2.75) is 39.2 Å². The van der Waals surface area contributed by atoms with Crippen LogP contribution in [0.2, 0.25) is 0 Å². The number of hydrogen-bond donors (Lipinski definition) is 2. The number of ketones is 1. The van der Waals surface area contributed by atoms with Gasteiger partial charge in [0.15, 0.2) is 0 Å². The summed E-state index contributed by atoms with van der Waals surface area (Å²) in [7, 11) is 0. The summed E-state index contributed by atoms with van der Waals surface area (Å²) in [6, 6.07) is 0. The van der Waals surface area contributed by atoms with Gasteiger partial charge in [-0.15, -0.1) is 0 Å². The molecule has 0 aromatic heterocycles. The third-order valence-electron chi connectivity index (χ3n) is 1.76. The van der Waals surface area contributed by atoms with Gasteiger partial charge in [0.25, 0.3) is 0 Å². The highest BCUT2D eigenvalue weighted by molar-refractivity contribution is 5.97. The van der Waals surface area contributed by atoms with Crippen LogP contribution in [0.25, 0.3) is 0 Å².